The second-order valence-electron chi connectivity index (χ2n) is 7.48. The number of methoxy groups -OCH3 is 1. The summed E-state index contributed by atoms with van der Waals surface area (Å²) in [6.07, 6.45) is 2.65. The van der Waals surface area contributed by atoms with Crippen molar-refractivity contribution in [1.82, 2.24) is 5.32 Å². The van der Waals surface area contributed by atoms with E-state index in [0.717, 1.165) is 23.3 Å². The summed E-state index contributed by atoms with van der Waals surface area (Å²) in [5.41, 5.74) is 3.03. The third-order valence-corrected chi connectivity index (χ3v) is 5.17. The molecule has 0 aliphatic rings. The van der Waals surface area contributed by atoms with Crippen LogP contribution in [0.4, 0.5) is 5.69 Å². The molecule has 2 N–H and O–H groups in total. The number of hydrogen-bond donors (Lipinski definition) is 2. The van der Waals surface area contributed by atoms with Gasteiger partial charge in [0, 0.05) is 11.6 Å². The van der Waals surface area contributed by atoms with Crippen molar-refractivity contribution in [2.75, 3.05) is 12.4 Å². The average molecular weight is 429 g/mol. The number of carbonyl (C=O) groups excluding carboxylic acids is 2. The highest BCUT2D eigenvalue weighted by Crippen LogP contribution is 2.23. The van der Waals surface area contributed by atoms with Gasteiger partial charge in [-0.15, -0.1) is 0 Å². The lowest BCUT2D eigenvalue weighted by Gasteiger charge is -2.15. The molecule has 0 saturated carbocycles. The Morgan fingerprint density at radius 2 is 1.59 bits per heavy atom. The molecule has 2 amide bonds. The molecule has 0 radical (unpaired) electrons. The maximum atomic E-state index is 13.4. The molecule has 0 aliphatic heterocycles. The molecular formula is C27H28N2O3. The molecule has 0 heterocycles. The van der Waals surface area contributed by atoms with Crippen molar-refractivity contribution in [2.45, 2.75) is 26.3 Å². The number of rotatable bonds is 8. The predicted octanol–water partition coefficient (Wildman–Crippen LogP) is 5.40. The van der Waals surface area contributed by atoms with Gasteiger partial charge in [0.05, 0.1) is 18.4 Å². The van der Waals surface area contributed by atoms with Crippen LogP contribution in [0.3, 0.4) is 0 Å². The number of benzene rings is 3. The molecule has 0 spiro atoms. The van der Waals surface area contributed by atoms with E-state index in [4.69, 9.17) is 4.74 Å². The molecular weight excluding hydrogens is 400 g/mol. The van der Waals surface area contributed by atoms with Crippen LogP contribution in [0.25, 0.3) is 11.6 Å². The van der Waals surface area contributed by atoms with Crippen molar-refractivity contribution in [1.29, 1.82) is 0 Å². The van der Waals surface area contributed by atoms with Crippen molar-refractivity contribution in [3.05, 3.63) is 95.6 Å². The second kappa shape index (κ2) is 11.0. The van der Waals surface area contributed by atoms with E-state index in [1.165, 1.54) is 0 Å². The Morgan fingerprint density at radius 3 is 2.25 bits per heavy atom. The molecule has 5 nitrogen and oxygen atoms in total. The van der Waals surface area contributed by atoms with E-state index in [0.29, 0.717) is 16.8 Å². The van der Waals surface area contributed by atoms with E-state index in [1.54, 1.807) is 31.4 Å². The molecule has 1 atom stereocenters. The largest absolute Gasteiger partial charge is 0.497 e. The highest BCUT2D eigenvalue weighted by atomic mass is 16.5. The summed E-state index contributed by atoms with van der Waals surface area (Å²) in [5.74, 6) is 0.237. The molecule has 0 bridgehead atoms. The van der Waals surface area contributed by atoms with Crippen molar-refractivity contribution >= 4 is 29.2 Å². The van der Waals surface area contributed by atoms with E-state index in [2.05, 4.69) is 10.6 Å². The van der Waals surface area contributed by atoms with E-state index in [9.17, 15) is 9.59 Å². The fourth-order valence-electron chi connectivity index (χ4n) is 3.15. The third-order valence-electron chi connectivity index (χ3n) is 5.17. The van der Waals surface area contributed by atoms with E-state index in [1.807, 2.05) is 74.5 Å². The summed E-state index contributed by atoms with van der Waals surface area (Å²) in [4.78, 5) is 26.1. The molecule has 3 aromatic rings. The van der Waals surface area contributed by atoms with Crippen LogP contribution in [-0.2, 0) is 4.79 Å². The first-order valence-corrected chi connectivity index (χ1v) is 10.6. The summed E-state index contributed by atoms with van der Waals surface area (Å²) in [6, 6.07) is 24.0. The van der Waals surface area contributed by atoms with Gasteiger partial charge in [-0.2, -0.15) is 0 Å². The van der Waals surface area contributed by atoms with Gasteiger partial charge in [-0.3, -0.25) is 9.59 Å². The molecule has 3 aromatic carbocycles. The Labute approximate surface area is 189 Å². The maximum absolute atomic E-state index is 13.4. The van der Waals surface area contributed by atoms with Crippen LogP contribution in [0, 0.1) is 0 Å². The topological polar surface area (TPSA) is 67.4 Å². The molecule has 0 saturated heterocycles. The van der Waals surface area contributed by atoms with E-state index in [-0.39, 0.29) is 17.9 Å². The Hall–Kier alpha value is -3.86. The Bertz CT molecular complexity index is 1090. The maximum Gasteiger partial charge on any atom is 0.256 e. The SMILES string of the molecule is CC[C@@H](C)NC(=O)c1ccccc1NC(=O)/C(=C/c1ccc(OC)cc1)c1ccccc1. The molecule has 0 aliphatic carbocycles. The van der Waals surface area contributed by atoms with E-state index >= 15 is 0 Å². The van der Waals surface area contributed by atoms with Gasteiger partial charge in [0.25, 0.3) is 11.8 Å². The van der Waals surface area contributed by atoms with Gasteiger partial charge in [0.1, 0.15) is 5.75 Å². The molecule has 5 heteroatoms. The highest BCUT2D eigenvalue weighted by Gasteiger charge is 2.17. The quantitative estimate of drug-likeness (QED) is 0.373. The summed E-state index contributed by atoms with van der Waals surface area (Å²) in [7, 11) is 1.61. The van der Waals surface area contributed by atoms with Crippen LogP contribution in [0.2, 0.25) is 0 Å². The molecule has 3 rings (SSSR count). The minimum absolute atomic E-state index is 0.0427. The van der Waals surface area contributed by atoms with Gasteiger partial charge in [-0.1, -0.05) is 61.5 Å². The Kier molecular flexibility index (Phi) is 7.81. The van der Waals surface area contributed by atoms with Crippen LogP contribution in [0.5, 0.6) is 5.75 Å². The normalized spacial score (nSPS) is 12.0. The lowest BCUT2D eigenvalue weighted by Crippen LogP contribution is -2.32. The van der Waals surface area contributed by atoms with Gasteiger partial charge >= 0.3 is 0 Å². The second-order valence-corrected chi connectivity index (χ2v) is 7.48. The number of amides is 2. The smallest absolute Gasteiger partial charge is 0.256 e. The minimum atomic E-state index is -0.296. The molecule has 0 aromatic heterocycles. The number of carbonyl (C=O) groups is 2. The van der Waals surface area contributed by atoms with Crippen molar-refractivity contribution in [3.63, 3.8) is 0 Å². The highest BCUT2D eigenvalue weighted by molar-refractivity contribution is 6.29. The summed E-state index contributed by atoms with van der Waals surface area (Å²) in [6.45, 7) is 3.96. The zero-order valence-corrected chi connectivity index (χ0v) is 18.6. The van der Waals surface area contributed by atoms with Crippen LogP contribution in [-0.4, -0.2) is 25.0 Å². The Morgan fingerprint density at radius 1 is 0.938 bits per heavy atom. The first-order valence-electron chi connectivity index (χ1n) is 10.6. The number of anilines is 1. The zero-order chi connectivity index (χ0) is 22.9. The third kappa shape index (κ3) is 5.85. The van der Waals surface area contributed by atoms with Crippen molar-refractivity contribution in [2.24, 2.45) is 0 Å². The minimum Gasteiger partial charge on any atom is -0.497 e. The lowest BCUT2D eigenvalue weighted by molar-refractivity contribution is -0.111. The summed E-state index contributed by atoms with van der Waals surface area (Å²) >= 11 is 0. The number of para-hydroxylation sites is 1. The number of hydrogen-bond acceptors (Lipinski definition) is 3. The first kappa shape index (κ1) is 22.8. The van der Waals surface area contributed by atoms with Crippen LogP contribution in [0.15, 0.2) is 78.9 Å². The van der Waals surface area contributed by atoms with Gasteiger partial charge in [0.15, 0.2) is 0 Å². The van der Waals surface area contributed by atoms with Gasteiger partial charge in [-0.25, -0.2) is 0 Å². The van der Waals surface area contributed by atoms with Crippen LogP contribution < -0.4 is 15.4 Å². The van der Waals surface area contributed by atoms with Crippen LogP contribution in [0.1, 0.15) is 41.8 Å². The molecule has 0 unspecified atom stereocenters. The molecule has 164 valence electrons. The average Bonchev–Trinajstić information content (AvgIpc) is 2.83. The Balaban J connectivity index is 1.93. The zero-order valence-electron chi connectivity index (χ0n) is 18.6. The predicted molar refractivity (Wildman–Crippen MR) is 130 cm³/mol. The van der Waals surface area contributed by atoms with Crippen molar-refractivity contribution in [3.8, 4) is 5.75 Å². The lowest BCUT2D eigenvalue weighted by atomic mass is 10.0. The number of ether oxygens (including phenoxy) is 1. The molecule has 32 heavy (non-hydrogen) atoms. The fourth-order valence-corrected chi connectivity index (χ4v) is 3.15. The summed E-state index contributed by atoms with van der Waals surface area (Å²) < 4.78 is 5.22. The van der Waals surface area contributed by atoms with Crippen LogP contribution >= 0.6 is 0 Å². The van der Waals surface area contributed by atoms with Gasteiger partial charge in [-0.05, 0) is 54.8 Å². The van der Waals surface area contributed by atoms with Crippen molar-refractivity contribution < 1.29 is 14.3 Å². The summed E-state index contributed by atoms with van der Waals surface area (Å²) in [5, 5.41) is 5.89. The first-order chi connectivity index (χ1) is 15.5. The molecule has 0 fully saturated rings. The van der Waals surface area contributed by atoms with Gasteiger partial charge in [0.2, 0.25) is 0 Å². The van der Waals surface area contributed by atoms with Gasteiger partial charge < -0.3 is 15.4 Å². The monoisotopic (exact) mass is 428 g/mol. The standard InChI is InChI=1S/C27H28N2O3/c1-4-19(2)28-26(30)23-12-8-9-13-25(23)29-27(31)24(21-10-6-5-7-11-21)18-20-14-16-22(32-3)17-15-20/h5-19H,4H2,1-3H3,(H,28,30)(H,29,31)/b24-18+/t19-/m1/s1. The number of nitrogens with one attached hydrogen (secondary N) is 2. The van der Waals surface area contributed by atoms with E-state index < -0.39 is 0 Å². The fraction of sp³-hybridized carbons (Fsp3) is 0.185.